The van der Waals surface area contributed by atoms with E-state index in [9.17, 15) is 19.2 Å². The molecule has 0 radical (unpaired) electrons. The van der Waals surface area contributed by atoms with Crippen LogP contribution >= 0.6 is 0 Å². The number of nitrogens with zero attached hydrogens (tertiary/aromatic N) is 2. The lowest BCUT2D eigenvalue weighted by Crippen LogP contribution is -2.46. The van der Waals surface area contributed by atoms with Crippen molar-refractivity contribution in [3.8, 4) is 0 Å². The van der Waals surface area contributed by atoms with Crippen LogP contribution in [0.15, 0.2) is 29.1 Å². The van der Waals surface area contributed by atoms with E-state index in [0.29, 0.717) is 10.9 Å². The van der Waals surface area contributed by atoms with E-state index < -0.39 is 36.1 Å². The lowest BCUT2D eigenvalue weighted by atomic mass is 9.96. The predicted octanol–water partition coefficient (Wildman–Crippen LogP) is 1.25. The van der Waals surface area contributed by atoms with Crippen LogP contribution in [0.2, 0.25) is 0 Å². The molecule has 3 amide bonds. The predicted molar refractivity (Wildman–Crippen MR) is 98.2 cm³/mol. The summed E-state index contributed by atoms with van der Waals surface area (Å²) in [4.78, 5) is 57.0. The van der Waals surface area contributed by atoms with E-state index in [1.54, 1.807) is 38.1 Å². The fourth-order valence-corrected chi connectivity index (χ4v) is 3.51. The summed E-state index contributed by atoms with van der Waals surface area (Å²) < 4.78 is 5.30. The monoisotopic (exact) mass is 384 g/mol. The van der Waals surface area contributed by atoms with Crippen LogP contribution in [0, 0.1) is 5.92 Å². The van der Waals surface area contributed by atoms with Crippen molar-refractivity contribution >= 4 is 28.8 Å². The first-order valence-corrected chi connectivity index (χ1v) is 9.12. The van der Waals surface area contributed by atoms with Crippen molar-refractivity contribution < 1.29 is 19.1 Å². The van der Waals surface area contributed by atoms with Gasteiger partial charge >= 0.3 is 12.0 Å². The van der Waals surface area contributed by atoms with E-state index in [2.05, 4.69) is 15.3 Å². The molecule has 4 rings (SSSR count). The normalized spacial score (nSPS) is 23.0. The quantitative estimate of drug-likeness (QED) is 0.591. The first-order chi connectivity index (χ1) is 13.3. The molecule has 1 saturated carbocycles. The van der Waals surface area contributed by atoms with Crippen LogP contribution in [0.3, 0.4) is 0 Å². The number of imide groups is 1. The minimum absolute atomic E-state index is 0.107. The van der Waals surface area contributed by atoms with Gasteiger partial charge in [0.05, 0.1) is 10.9 Å². The minimum atomic E-state index is -0.950. The number of H-pyrrole nitrogens is 1. The third kappa shape index (κ3) is 3.02. The van der Waals surface area contributed by atoms with Crippen molar-refractivity contribution in [2.24, 2.45) is 5.92 Å². The Balaban J connectivity index is 1.46. The second-order valence-corrected chi connectivity index (χ2v) is 7.40. The van der Waals surface area contributed by atoms with Crippen LogP contribution in [-0.2, 0) is 14.3 Å². The van der Waals surface area contributed by atoms with E-state index >= 15 is 0 Å². The van der Waals surface area contributed by atoms with Gasteiger partial charge in [0.1, 0.15) is 12.1 Å². The van der Waals surface area contributed by atoms with Crippen LogP contribution in [0.1, 0.15) is 38.6 Å². The Labute approximate surface area is 160 Å². The maximum absolute atomic E-state index is 12.6. The first-order valence-electron chi connectivity index (χ1n) is 9.12. The van der Waals surface area contributed by atoms with Gasteiger partial charge in [-0.1, -0.05) is 12.1 Å². The molecule has 1 aromatic heterocycles. The van der Waals surface area contributed by atoms with Gasteiger partial charge in [-0.05, 0) is 44.7 Å². The van der Waals surface area contributed by atoms with Gasteiger partial charge in [-0.15, -0.1) is 0 Å². The number of carbonyl (C=O) groups is 3. The van der Waals surface area contributed by atoms with E-state index in [-0.39, 0.29) is 17.3 Å². The summed E-state index contributed by atoms with van der Waals surface area (Å²) in [6.45, 7) is 2.75. The van der Waals surface area contributed by atoms with Crippen LogP contribution in [0.25, 0.3) is 10.9 Å². The van der Waals surface area contributed by atoms with Gasteiger partial charge < -0.3 is 15.0 Å². The highest BCUT2D eigenvalue weighted by Crippen LogP contribution is 2.42. The lowest BCUT2D eigenvalue weighted by molar-refractivity contribution is -0.152. The zero-order chi connectivity index (χ0) is 20.1. The molecule has 2 heterocycles. The summed E-state index contributed by atoms with van der Waals surface area (Å²) in [7, 11) is 0. The number of aromatic nitrogens is 2. The fourth-order valence-electron chi connectivity index (χ4n) is 3.51. The summed E-state index contributed by atoms with van der Waals surface area (Å²) in [6.07, 6.45) is 0.901. The molecule has 0 spiro atoms. The number of hydrogen-bond acceptors (Lipinski definition) is 6. The fraction of sp³-hybridized carbons (Fsp3) is 0.421. The lowest BCUT2D eigenvalue weighted by Gasteiger charge is -2.21. The topological polar surface area (TPSA) is 121 Å². The molecule has 1 aromatic carbocycles. The zero-order valence-electron chi connectivity index (χ0n) is 15.5. The number of esters is 1. The molecule has 0 unspecified atom stereocenters. The Morgan fingerprint density at radius 1 is 1.32 bits per heavy atom. The summed E-state index contributed by atoms with van der Waals surface area (Å²) in [5.74, 6) is -0.874. The molecule has 2 fully saturated rings. The number of fused-ring (bicyclic) bond motifs is 1. The van der Waals surface area contributed by atoms with E-state index in [1.807, 2.05) is 0 Å². The molecule has 2 atom stereocenters. The smallest absolute Gasteiger partial charge is 0.326 e. The van der Waals surface area contributed by atoms with Crippen LogP contribution in [-0.4, -0.2) is 44.9 Å². The third-order valence-corrected chi connectivity index (χ3v) is 5.31. The summed E-state index contributed by atoms with van der Waals surface area (Å²) in [5.41, 5.74) is -0.801. The molecule has 28 heavy (non-hydrogen) atoms. The molecule has 9 heteroatoms. The molecule has 1 saturated heterocycles. The molecule has 2 aromatic rings. The van der Waals surface area contributed by atoms with Crippen molar-refractivity contribution in [2.45, 2.75) is 38.3 Å². The highest BCUT2D eigenvalue weighted by Gasteiger charge is 2.56. The van der Waals surface area contributed by atoms with Crippen LogP contribution < -0.4 is 10.9 Å². The maximum atomic E-state index is 12.6. The number of carbonyl (C=O) groups excluding carboxylic acids is 3. The molecule has 0 bridgehead atoms. The van der Waals surface area contributed by atoms with Gasteiger partial charge in [-0.3, -0.25) is 19.3 Å². The summed E-state index contributed by atoms with van der Waals surface area (Å²) >= 11 is 0. The minimum Gasteiger partial charge on any atom is -0.453 e. The van der Waals surface area contributed by atoms with Gasteiger partial charge in [-0.2, -0.15) is 0 Å². The second-order valence-electron chi connectivity index (χ2n) is 7.40. The maximum Gasteiger partial charge on any atom is 0.326 e. The van der Waals surface area contributed by atoms with Gasteiger partial charge in [-0.25, -0.2) is 9.78 Å². The average Bonchev–Trinajstić information content (AvgIpc) is 3.48. The number of hydrogen-bond donors (Lipinski definition) is 2. The van der Waals surface area contributed by atoms with Crippen molar-refractivity contribution in [1.82, 2.24) is 20.2 Å². The SMILES string of the molecule is C[C@@H](OC(=O)CN1C(=O)N[C@@](C)(C2CC2)C1=O)c1nc2ccccc2c(=O)[nH]1. The Morgan fingerprint density at radius 2 is 2.04 bits per heavy atom. The van der Waals surface area contributed by atoms with Crippen molar-refractivity contribution in [2.75, 3.05) is 6.54 Å². The highest BCUT2D eigenvalue weighted by molar-refractivity contribution is 6.08. The third-order valence-electron chi connectivity index (χ3n) is 5.31. The number of aromatic amines is 1. The molecule has 2 aliphatic rings. The van der Waals surface area contributed by atoms with E-state index in [1.165, 1.54) is 0 Å². The Morgan fingerprint density at radius 3 is 2.75 bits per heavy atom. The standard InChI is InChI=1S/C19H20N4O5/c1-10(15-20-13-6-4-3-5-12(13)16(25)21-15)28-14(24)9-23-17(26)19(2,11-7-8-11)22-18(23)27/h3-6,10-11H,7-9H2,1-2H3,(H,22,27)(H,20,21,25)/t10-,19+/m1/s1. The van der Waals surface area contributed by atoms with Crippen molar-refractivity contribution in [3.63, 3.8) is 0 Å². The van der Waals surface area contributed by atoms with Gasteiger partial charge in [0, 0.05) is 0 Å². The number of amides is 3. The largest absolute Gasteiger partial charge is 0.453 e. The van der Waals surface area contributed by atoms with Gasteiger partial charge in [0.2, 0.25) is 0 Å². The molecule has 1 aliphatic heterocycles. The molecule has 9 nitrogen and oxygen atoms in total. The first kappa shape index (κ1) is 18.1. The Hall–Kier alpha value is -3.23. The molecule has 2 N–H and O–H groups in total. The van der Waals surface area contributed by atoms with Crippen LogP contribution in [0.5, 0.6) is 0 Å². The number of nitrogens with one attached hydrogen (secondary N) is 2. The number of urea groups is 1. The molecular weight excluding hydrogens is 364 g/mol. The Kier molecular flexibility index (Phi) is 4.17. The summed E-state index contributed by atoms with van der Waals surface area (Å²) in [6, 6.07) is 6.23. The second kappa shape index (κ2) is 6.43. The van der Waals surface area contributed by atoms with Crippen molar-refractivity contribution in [1.29, 1.82) is 0 Å². The van der Waals surface area contributed by atoms with E-state index in [0.717, 1.165) is 17.7 Å². The number of ether oxygens (including phenoxy) is 1. The van der Waals surface area contributed by atoms with Gasteiger partial charge in [0.25, 0.3) is 11.5 Å². The average molecular weight is 384 g/mol. The number of para-hydroxylation sites is 1. The van der Waals surface area contributed by atoms with E-state index in [4.69, 9.17) is 4.74 Å². The van der Waals surface area contributed by atoms with Gasteiger partial charge in [0.15, 0.2) is 11.9 Å². The molecule has 146 valence electrons. The summed E-state index contributed by atoms with van der Waals surface area (Å²) in [5, 5.41) is 3.11. The number of rotatable bonds is 5. The highest BCUT2D eigenvalue weighted by atomic mass is 16.5. The van der Waals surface area contributed by atoms with Crippen LogP contribution in [0.4, 0.5) is 4.79 Å². The Bertz CT molecular complexity index is 1040. The molecular formula is C19H20N4O5. The van der Waals surface area contributed by atoms with Crippen molar-refractivity contribution in [3.05, 3.63) is 40.4 Å². The molecule has 1 aliphatic carbocycles. The zero-order valence-corrected chi connectivity index (χ0v) is 15.5. The number of benzene rings is 1.